The maximum Gasteiger partial charge on any atom is 0.249 e. The highest BCUT2D eigenvalue weighted by atomic mass is 16.5. The number of carbonyl (C=O) groups excluding carboxylic acids is 2. The Balaban J connectivity index is 1.63. The predicted octanol–water partition coefficient (Wildman–Crippen LogP) is 4.51. The minimum atomic E-state index is -0.513. The number of unbranched alkanes of at least 4 members (excludes halogenated alkanes) is 1. The molecule has 3 aromatic rings. The van der Waals surface area contributed by atoms with Crippen molar-refractivity contribution < 1.29 is 19.1 Å². The summed E-state index contributed by atoms with van der Waals surface area (Å²) < 4.78 is 11.0. The normalized spacial score (nSPS) is 10.8. The lowest BCUT2D eigenvalue weighted by Crippen LogP contribution is -2.24. The molecule has 7 nitrogen and oxygen atoms in total. The Hall–Kier alpha value is -3.87. The van der Waals surface area contributed by atoms with E-state index in [4.69, 9.17) is 9.47 Å². The number of methoxy groups -OCH3 is 1. The fourth-order valence-corrected chi connectivity index (χ4v) is 3.09. The Morgan fingerprint density at radius 1 is 1.00 bits per heavy atom. The van der Waals surface area contributed by atoms with Gasteiger partial charge >= 0.3 is 0 Å². The molecule has 32 heavy (non-hydrogen) atoms. The molecule has 0 aliphatic heterocycles. The SMILES string of the molecule is CCCCOc1ccc2ccccc2c1C=NNC(=O)CC(=O)Nc1ccc(OC)cc1. The van der Waals surface area contributed by atoms with Crippen LogP contribution in [0.3, 0.4) is 0 Å². The fourth-order valence-electron chi connectivity index (χ4n) is 3.09. The molecular weight excluding hydrogens is 406 g/mol. The summed E-state index contributed by atoms with van der Waals surface area (Å²) in [6.07, 6.45) is 3.19. The van der Waals surface area contributed by atoms with Gasteiger partial charge in [0.2, 0.25) is 11.8 Å². The topological polar surface area (TPSA) is 89.0 Å². The molecule has 0 unspecified atom stereocenters. The van der Waals surface area contributed by atoms with Gasteiger partial charge in [-0.3, -0.25) is 9.59 Å². The molecule has 0 bridgehead atoms. The van der Waals surface area contributed by atoms with Crippen molar-refractivity contribution in [2.24, 2.45) is 5.10 Å². The number of fused-ring (bicyclic) bond motifs is 1. The summed E-state index contributed by atoms with van der Waals surface area (Å²) >= 11 is 0. The lowest BCUT2D eigenvalue weighted by molar-refractivity contribution is -0.126. The van der Waals surface area contributed by atoms with Gasteiger partial charge in [0.05, 0.1) is 19.9 Å². The number of anilines is 1. The maximum atomic E-state index is 12.2. The van der Waals surface area contributed by atoms with Crippen LogP contribution in [0.25, 0.3) is 10.8 Å². The van der Waals surface area contributed by atoms with Gasteiger partial charge in [0.25, 0.3) is 0 Å². The molecule has 0 heterocycles. The molecule has 166 valence electrons. The van der Waals surface area contributed by atoms with Gasteiger partial charge in [-0.1, -0.05) is 43.7 Å². The molecule has 3 aromatic carbocycles. The van der Waals surface area contributed by atoms with Crippen molar-refractivity contribution in [3.05, 3.63) is 66.2 Å². The van der Waals surface area contributed by atoms with Crippen LogP contribution < -0.4 is 20.2 Å². The molecule has 0 fully saturated rings. The molecule has 7 heteroatoms. The van der Waals surface area contributed by atoms with Crippen molar-refractivity contribution in [3.63, 3.8) is 0 Å². The van der Waals surface area contributed by atoms with Crippen LogP contribution in [0.4, 0.5) is 5.69 Å². The van der Waals surface area contributed by atoms with Gasteiger partial charge in [0, 0.05) is 11.3 Å². The molecule has 0 aromatic heterocycles. The molecule has 0 aliphatic rings. The maximum absolute atomic E-state index is 12.2. The van der Waals surface area contributed by atoms with Gasteiger partial charge < -0.3 is 14.8 Å². The average Bonchev–Trinajstić information content (AvgIpc) is 2.80. The number of nitrogens with zero attached hydrogens (tertiary/aromatic N) is 1. The Labute approximate surface area is 187 Å². The zero-order valence-corrected chi connectivity index (χ0v) is 18.3. The van der Waals surface area contributed by atoms with Crippen molar-refractivity contribution in [1.82, 2.24) is 5.43 Å². The number of hydrogen-bond donors (Lipinski definition) is 2. The number of rotatable bonds is 10. The van der Waals surface area contributed by atoms with Gasteiger partial charge in [0.1, 0.15) is 17.9 Å². The molecule has 0 aliphatic carbocycles. The van der Waals surface area contributed by atoms with Crippen molar-refractivity contribution in [2.45, 2.75) is 26.2 Å². The third kappa shape index (κ3) is 6.31. The van der Waals surface area contributed by atoms with Gasteiger partial charge in [-0.05, 0) is 47.5 Å². The summed E-state index contributed by atoms with van der Waals surface area (Å²) in [6.45, 7) is 2.71. The molecular formula is C25H27N3O4. The van der Waals surface area contributed by atoms with Crippen LogP contribution in [-0.4, -0.2) is 31.7 Å². The second-order valence-corrected chi connectivity index (χ2v) is 7.15. The summed E-state index contributed by atoms with van der Waals surface area (Å²) in [7, 11) is 1.57. The molecule has 0 saturated heterocycles. The Morgan fingerprint density at radius 3 is 2.53 bits per heavy atom. The summed E-state index contributed by atoms with van der Waals surface area (Å²) in [5.41, 5.74) is 3.78. The fraction of sp³-hybridized carbons (Fsp3) is 0.240. The van der Waals surface area contributed by atoms with Crippen LogP contribution in [0.2, 0.25) is 0 Å². The smallest absolute Gasteiger partial charge is 0.249 e. The van der Waals surface area contributed by atoms with E-state index < -0.39 is 11.8 Å². The summed E-state index contributed by atoms with van der Waals surface area (Å²) in [6, 6.07) is 18.6. The first-order valence-corrected chi connectivity index (χ1v) is 10.5. The van der Waals surface area contributed by atoms with Crippen LogP contribution in [-0.2, 0) is 9.59 Å². The van der Waals surface area contributed by atoms with Crippen molar-refractivity contribution in [1.29, 1.82) is 0 Å². The number of hydrazone groups is 1. The second-order valence-electron chi connectivity index (χ2n) is 7.15. The first-order chi connectivity index (χ1) is 15.6. The third-order valence-corrected chi connectivity index (χ3v) is 4.76. The molecule has 0 radical (unpaired) electrons. The monoisotopic (exact) mass is 433 g/mol. The van der Waals surface area contributed by atoms with Gasteiger partial charge in [-0.2, -0.15) is 5.10 Å². The van der Waals surface area contributed by atoms with E-state index in [2.05, 4.69) is 22.8 Å². The lowest BCUT2D eigenvalue weighted by Gasteiger charge is -2.11. The minimum absolute atomic E-state index is 0.348. The van der Waals surface area contributed by atoms with Crippen molar-refractivity contribution >= 4 is 34.5 Å². The number of nitrogens with one attached hydrogen (secondary N) is 2. The number of amides is 2. The molecule has 0 atom stereocenters. The van der Waals surface area contributed by atoms with E-state index in [1.165, 1.54) is 0 Å². The van der Waals surface area contributed by atoms with Crippen molar-refractivity contribution in [3.8, 4) is 11.5 Å². The van der Waals surface area contributed by atoms with Gasteiger partial charge in [-0.25, -0.2) is 5.43 Å². The number of carbonyl (C=O) groups is 2. The Kier molecular flexibility index (Phi) is 8.20. The van der Waals surface area contributed by atoms with Crippen LogP contribution in [0, 0.1) is 0 Å². The van der Waals surface area contributed by atoms with E-state index in [-0.39, 0.29) is 6.42 Å². The standard InChI is InChI=1S/C25H27N3O4/c1-3-4-15-32-23-14-9-18-7-5-6-8-21(18)22(23)17-26-28-25(30)16-24(29)27-19-10-12-20(31-2)13-11-19/h5-14,17H,3-4,15-16H2,1-2H3,(H,27,29)(H,28,30). The molecule has 2 N–H and O–H groups in total. The number of hydrogen-bond acceptors (Lipinski definition) is 5. The van der Waals surface area contributed by atoms with E-state index in [0.717, 1.165) is 29.2 Å². The zero-order chi connectivity index (χ0) is 22.8. The molecule has 0 saturated carbocycles. The summed E-state index contributed by atoms with van der Waals surface area (Å²) in [5.74, 6) is 0.437. The highest BCUT2D eigenvalue weighted by Gasteiger charge is 2.10. The lowest BCUT2D eigenvalue weighted by atomic mass is 10.0. The second kappa shape index (κ2) is 11.5. The first-order valence-electron chi connectivity index (χ1n) is 10.5. The first kappa shape index (κ1) is 22.8. The van der Waals surface area contributed by atoms with Crippen LogP contribution in [0.15, 0.2) is 65.8 Å². The quantitative estimate of drug-likeness (QED) is 0.213. The van der Waals surface area contributed by atoms with E-state index in [0.29, 0.717) is 23.8 Å². The van der Waals surface area contributed by atoms with Crippen LogP contribution >= 0.6 is 0 Å². The van der Waals surface area contributed by atoms with Crippen LogP contribution in [0.1, 0.15) is 31.7 Å². The Bertz CT molecular complexity index is 1090. The summed E-state index contributed by atoms with van der Waals surface area (Å²) in [5, 5.41) is 8.74. The average molecular weight is 434 g/mol. The van der Waals surface area contributed by atoms with Crippen LogP contribution in [0.5, 0.6) is 11.5 Å². The number of benzene rings is 3. The molecule has 3 rings (SSSR count). The largest absolute Gasteiger partial charge is 0.497 e. The van der Waals surface area contributed by atoms with E-state index in [9.17, 15) is 9.59 Å². The summed E-state index contributed by atoms with van der Waals surface area (Å²) in [4.78, 5) is 24.3. The van der Waals surface area contributed by atoms with Gasteiger partial charge in [0.15, 0.2) is 0 Å². The Morgan fingerprint density at radius 2 is 1.78 bits per heavy atom. The third-order valence-electron chi connectivity index (χ3n) is 4.76. The van der Waals surface area contributed by atoms with E-state index >= 15 is 0 Å². The molecule has 2 amide bonds. The highest BCUT2D eigenvalue weighted by Crippen LogP contribution is 2.27. The van der Waals surface area contributed by atoms with Crippen molar-refractivity contribution in [2.75, 3.05) is 19.0 Å². The number of ether oxygens (including phenoxy) is 2. The molecule has 0 spiro atoms. The van der Waals surface area contributed by atoms with E-state index in [1.807, 2.05) is 36.4 Å². The predicted molar refractivity (Wildman–Crippen MR) is 126 cm³/mol. The minimum Gasteiger partial charge on any atom is -0.497 e. The van der Waals surface area contributed by atoms with Gasteiger partial charge in [-0.15, -0.1) is 0 Å². The highest BCUT2D eigenvalue weighted by molar-refractivity contribution is 6.05. The van der Waals surface area contributed by atoms with E-state index in [1.54, 1.807) is 37.6 Å². The zero-order valence-electron chi connectivity index (χ0n) is 18.3.